The molecule has 1 fully saturated rings. The van der Waals surface area contributed by atoms with Crippen molar-refractivity contribution in [1.29, 1.82) is 0 Å². The first-order valence-corrected chi connectivity index (χ1v) is 9.43. The van der Waals surface area contributed by atoms with Crippen LogP contribution < -0.4 is 9.47 Å². The van der Waals surface area contributed by atoms with E-state index < -0.39 is 0 Å². The fourth-order valence-electron chi connectivity index (χ4n) is 3.93. The van der Waals surface area contributed by atoms with Gasteiger partial charge in [0.2, 0.25) is 5.91 Å². The minimum atomic E-state index is 0.0371. The molecular weight excluding hydrogens is 342 g/mol. The standard InChI is InChI=1S/C21H25N3O3/c1-14-17(15(2)23(3)22-14)7-9-21(25)24-10-4-5-18(24)16-6-8-19-20(13-16)27-12-11-26-19/h6-9,13,18H,4-5,10-12H2,1-3H3/b9-7+. The number of amides is 1. The second-order valence-electron chi connectivity index (χ2n) is 7.13. The Bertz CT molecular complexity index is 900. The second kappa shape index (κ2) is 7.10. The molecule has 0 N–H and O–H groups in total. The lowest BCUT2D eigenvalue weighted by Gasteiger charge is -2.26. The number of benzene rings is 1. The Morgan fingerprint density at radius 3 is 2.74 bits per heavy atom. The molecule has 1 saturated heterocycles. The van der Waals surface area contributed by atoms with E-state index in [9.17, 15) is 4.79 Å². The van der Waals surface area contributed by atoms with Crippen molar-refractivity contribution in [2.24, 2.45) is 7.05 Å². The van der Waals surface area contributed by atoms with Crippen LogP contribution in [0.25, 0.3) is 6.08 Å². The molecule has 1 amide bonds. The van der Waals surface area contributed by atoms with Crippen LogP contribution in [0, 0.1) is 13.8 Å². The van der Waals surface area contributed by atoms with Crippen molar-refractivity contribution in [2.45, 2.75) is 32.7 Å². The first-order valence-electron chi connectivity index (χ1n) is 9.43. The van der Waals surface area contributed by atoms with E-state index >= 15 is 0 Å². The van der Waals surface area contributed by atoms with Crippen LogP contribution in [0.2, 0.25) is 0 Å². The maximum Gasteiger partial charge on any atom is 0.247 e. The van der Waals surface area contributed by atoms with Gasteiger partial charge in [0, 0.05) is 30.9 Å². The van der Waals surface area contributed by atoms with E-state index in [4.69, 9.17) is 9.47 Å². The zero-order valence-electron chi connectivity index (χ0n) is 16.1. The molecule has 4 rings (SSSR count). The summed E-state index contributed by atoms with van der Waals surface area (Å²) in [6.07, 6.45) is 5.53. The van der Waals surface area contributed by atoms with Crippen molar-refractivity contribution in [1.82, 2.24) is 14.7 Å². The van der Waals surface area contributed by atoms with E-state index in [0.29, 0.717) is 13.2 Å². The zero-order valence-corrected chi connectivity index (χ0v) is 16.1. The van der Waals surface area contributed by atoms with Gasteiger partial charge in [0.15, 0.2) is 11.5 Å². The zero-order chi connectivity index (χ0) is 19.0. The van der Waals surface area contributed by atoms with E-state index in [2.05, 4.69) is 5.10 Å². The summed E-state index contributed by atoms with van der Waals surface area (Å²) in [5.74, 6) is 1.59. The predicted octanol–water partition coefficient (Wildman–Crippen LogP) is 3.19. The fourth-order valence-corrected chi connectivity index (χ4v) is 3.93. The Morgan fingerprint density at radius 2 is 2.00 bits per heavy atom. The van der Waals surface area contributed by atoms with Gasteiger partial charge in [0.1, 0.15) is 13.2 Å². The number of carbonyl (C=O) groups excluding carboxylic acids is 1. The fraction of sp³-hybridized carbons (Fsp3) is 0.429. The molecule has 0 spiro atoms. The topological polar surface area (TPSA) is 56.6 Å². The number of carbonyl (C=O) groups is 1. The molecule has 0 saturated carbocycles. The summed E-state index contributed by atoms with van der Waals surface area (Å²) in [5.41, 5.74) is 4.11. The number of ether oxygens (including phenoxy) is 2. The molecule has 27 heavy (non-hydrogen) atoms. The number of hydrogen-bond donors (Lipinski definition) is 0. The lowest BCUT2D eigenvalue weighted by molar-refractivity contribution is -0.126. The summed E-state index contributed by atoms with van der Waals surface area (Å²) in [4.78, 5) is 14.8. The molecule has 2 aliphatic rings. The molecule has 6 heteroatoms. The first-order chi connectivity index (χ1) is 13.0. The van der Waals surface area contributed by atoms with Crippen molar-refractivity contribution >= 4 is 12.0 Å². The van der Waals surface area contributed by atoms with Gasteiger partial charge in [-0.2, -0.15) is 5.10 Å². The number of aromatic nitrogens is 2. The van der Waals surface area contributed by atoms with Gasteiger partial charge in [-0.25, -0.2) is 0 Å². The third-order valence-electron chi connectivity index (χ3n) is 5.44. The summed E-state index contributed by atoms with van der Waals surface area (Å²) >= 11 is 0. The molecule has 2 aliphatic heterocycles. The van der Waals surface area contributed by atoms with Gasteiger partial charge in [0.25, 0.3) is 0 Å². The summed E-state index contributed by atoms with van der Waals surface area (Å²) in [6.45, 7) is 5.89. The largest absolute Gasteiger partial charge is 0.486 e. The van der Waals surface area contributed by atoms with Gasteiger partial charge < -0.3 is 14.4 Å². The Morgan fingerprint density at radius 1 is 1.22 bits per heavy atom. The highest BCUT2D eigenvalue weighted by molar-refractivity contribution is 5.92. The van der Waals surface area contributed by atoms with Crippen LogP contribution in [0.3, 0.4) is 0 Å². The highest BCUT2D eigenvalue weighted by Crippen LogP contribution is 2.38. The number of hydrogen-bond acceptors (Lipinski definition) is 4. The van der Waals surface area contributed by atoms with Crippen LogP contribution >= 0.6 is 0 Å². The summed E-state index contributed by atoms with van der Waals surface area (Å²) in [7, 11) is 1.92. The molecule has 142 valence electrons. The SMILES string of the molecule is Cc1nn(C)c(C)c1/C=C/C(=O)N1CCCC1c1ccc2c(c1)OCCO2. The molecule has 1 atom stereocenters. The first kappa shape index (κ1) is 17.6. The molecule has 0 aliphatic carbocycles. The summed E-state index contributed by atoms with van der Waals surface area (Å²) < 4.78 is 13.1. The van der Waals surface area contributed by atoms with Crippen molar-refractivity contribution in [2.75, 3.05) is 19.8 Å². The number of likely N-dealkylation sites (tertiary alicyclic amines) is 1. The van der Waals surface area contributed by atoms with E-state index in [1.54, 1.807) is 6.08 Å². The number of nitrogens with zero attached hydrogens (tertiary/aromatic N) is 3. The lowest BCUT2D eigenvalue weighted by Crippen LogP contribution is -2.29. The van der Waals surface area contributed by atoms with Crippen LogP contribution in [0.5, 0.6) is 11.5 Å². The molecule has 1 aromatic heterocycles. The number of fused-ring (bicyclic) bond motifs is 1. The molecule has 3 heterocycles. The second-order valence-corrected chi connectivity index (χ2v) is 7.13. The van der Waals surface area contributed by atoms with Crippen molar-refractivity contribution < 1.29 is 14.3 Å². The normalized spacial score (nSPS) is 19.1. The van der Waals surface area contributed by atoms with E-state index in [-0.39, 0.29) is 11.9 Å². The highest BCUT2D eigenvalue weighted by atomic mass is 16.6. The molecule has 1 aromatic carbocycles. The minimum absolute atomic E-state index is 0.0371. The van der Waals surface area contributed by atoms with Crippen molar-refractivity contribution in [3.8, 4) is 11.5 Å². The summed E-state index contributed by atoms with van der Waals surface area (Å²) in [5, 5.41) is 4.40. The average molecular weight is 367 g/mol. The summed E-state index contributed by atoms with van der Waals surface area (Å²) in [6, 6.07) is 6.09. The Labute approximate surface area is 159 Å². The Kier molecular flexibility index (Phi) is 4.64. The van der Waals surface area contributed by atoms with Crippen molar-refractivity contribution in [3.05, 3.63) is 46.8 Å². The molecule has 0 radical (unpaired) electrons. The number of aryl methyl sites for hydroxylation is 2. The lowest BCUT2D eigenvalue weighted by atomic mass is 10.0. The Balaban J connectivity index is 1.54. The van der Waals surface area contributed by atoms with E-state index in [1.807, 2.05) is 54.8 Å². The molecule has 2 aromatic rings. The number of rotatable bonds is 3. The maximum atomic E-state index is 12.9. The van der Waals surface area contributed by atoms with Crippen LogP contribution in [0.1, 0.15) is 41.4 Å². The van der Waals surface area contributed by atoms with Gasteiger partial charge in [-0.05, 0) is 50.5 Å². The molecule has 6 nitrogen and oxygen atoms in total. The van der Waals surface area contributed by atoms with Crippen LogP contribution in [0.4, 0.5) is 0 Å². The van der Waals surface area contributed by atoms with Crippen LogP contribution in [0.15, 0.2) is 24.3 Å². The van der Waals surface area contributed by atoms with E-state index in [1.165, 1.54) is 0 Å². The third kappa shape index (κ3) is 3.31. The van der Waals surface area contributed by atoms with Gasteiger partial charge >= 0.3 is 0 Å². The highest BCUT2D eigenvalue weighted by Gasteiger charge is 2.29. The smallest absolute Gasteiger partial charge is 0.247 e. The minimum Gasteiger partial charge on any atom is -0.486 e. The van der Waals surface area contributed by atoms with Crippen LogP contribution in [-0.4, -0.2) is 40.3 Å². The predicted molar refractivity (Wildman–Crippen MR) is 103 cm³/mol. The molecule has 0 bridgehead atoms. The van der Waals surface area contributed by atoms with Crippen LogP contribution in [-0.2, 0) is 11.8 Å². The van der Waals surface area contributed by atoms with Gasteiger partial charge in [-0.3, -0.25) is 9.48 Å². The Hall–Kier alpha value is -2.76. The van der Waals surface area contributed by atoms with Gasteiger partial charge in [0.05, 0.1) is 11.7 Å². The molecule has 1 unspecified atom stereocenters. The molecular formula is C21H25N3O3. The average Bonchev–Trinajstić information content (AvgIpc) is 3.25. The van der Waals surface area contributed by atoms with E-state index in [0.717, 1.165) is 53.4 Å². The monoisotopic (exact) mass is 367 g/mol. The van der Waals surface area contributed by atoms with Crippen molar-refractivity contribution in [3.63, 3.8) is 0 Å². The quantitative estimate of drug-likeness (QED) is 0.782. The maximum absolute atomic E-state index is 12.9. The third-order valence-corrected chi connectivity index (χ3v) is 5.44. The van der Waals surface area contributed by atoms with Gasteiger partial charge in [-0.1, -0.05) is 6.07 Å². The van der Waals surface area contributed by atoms with Gasteiger partial charge in [-0.15, -0.1) is 0 Å².